The van der Waals surface area contributed by atoms with Crippen molar-refractivity contribution in [1.82, 2.24) is 0 Å². The van der Waals surface area contributed by atoms with Crippen LogP contribution in [-0.4, -0.2) is 23.8 Å². The smallest absolute Gasteiger partial charge is 0.345 e. The van der Waals surface area contributed by atoms with E-state index in [4.69, 9.17) is 4.74 Å². The van der Waals surface area contributed by atoms with Crippen LogP contribution in [0.1, 0.15) is 27.6 Å². The molecule has 6 nitrogen and oxygen atoms in total. The van der Waals surface area contributed by atoms with Gasteiger partial charge in [-0.05, 0) is 13.0 Å². The molecule has 0 aromatic heterocycles. The lowest BCUT2D eigenvalue weighted by molar-refractivity contribution is -0.385. The summed E-state index contributed by atoms with van der Waals surface area (Å²) in [5.41, 5.74) is -0.534. The van der Waals surface area contributed by atoms with Crippen LogP contribution in [0.15, 0.2) is 16.6 Å². The number of halogens is 1. The molecule has 0 saturated heterocycles. The van der Waals surface area contributed by atoms with Gasteiger partial charge in [0.05, 0.1) is 11.5 Å². The molecule has 0 fully saturated rings. The van der Waals surface area contributed by atoms with Gasteiger partial charge >= 0.3 is 5.97 Å². The number of nitro benzene ring substituents is 1. The van der Waals surface area contributed by atoms with Crippen LogP contribution in [-0.2, 0) is 4.74 Å². The molecule has 1 rings (SSSR count). The van der Waals surface area contributed by atoms with Crippen molar-refractivity contribution < 1.29 is 19.2 Å². The number of hydrogen-bond donors (Lipinski definition) is 0. The average molecular weight is 302 g/mol. The summed E-state index contributed by atoms with van der Waals surface area (Å²) in [6.45, 7) is 1.71. The molecule has 90 valence electrons. The van der Waals surface area contributed by atoms with E-state index in [0.29, 0.717) is 10.8 Å². The van der Waals surface area contributed by atoms with Crippen molar-refractivity contribution in [3.8, 4) is 0 Å². The predicted octanol–water partition coefficient (Wildman–Crippen LogP) is 2.35. The Balaban J connectivity index is 3.37. The minimum atomic E-state index is -0.794. The number of benzene rings is 1. The summed E-state index contributed by atoms with van der Waals surface area (Å²) in [6.07, 6.45) is 0.464. The van der Waals surface area contributed by atoms with Gasteiger partial charge in [0.25, 0.3) is 5.69 Å². The van der Waals surface area contributed by atoms with Crippen LogP contribution in [0.2, 0.25) is 0 Å². The second-order valence-electron chi connectivity index (χ2n) is 2.99. The number of nitrogens with zero attached hydrogens (tertiary/aromatic N) is 1. The quantitative estimate of drug-likeness (QED) is 0.369. The zero-order valence-corrected chi connectivity index (χ0v) is 10.4. The second-order valence-corrected chi connectivity index (χ2v) is 3.84. The Morgan fingerprint density at radius 1 is 1.59 bits per heavy atom. The fourth-order valence-corrected chi connectivity index (χ4v) is 1.63. The number of aldehydes is 1. The van der Waals surface area contributed by atoms with Crippen molar-refractivity contribution in [2.24, 2.45) is 0 Å². The lowest BCUT2D eigenvalue weighted by Crippen LogP contribution is -2.08. The fraction of sp³-hybridized carbons (Fsp3) is 0.200. The molecule has 0 aliphatic carbocycles. The average Bonchev–Trinajstić information content (AvgIpc) is 2.28. The van der Waals surface area contributed by atoms with Crippen molar-refractivity contribution in [3.05, 3.63) is 37.8 Å². The zero-order valence-electron chi connectivity index (χ0n) is 8.81. The minimum Gasteiger partial charge on any atom is -0.462 e. The number of carbonyl (C=O) groups excluding carboxylic acids is 2. The van der Waals surface area contributed by atoms with Crippen molar-refractivity contribution in [2.45, 2.75) is 6.92 Å². The van der Waals surface area contributed by atoms with E-state index in [0.717, 1.165) is 6.07 Å². The molecule has 0 spiro atoms. The summed E-state index contributed by atoms with van der Waals surface area (Å²) >= 11 is 3.05. The van der Waals surface area contributed by atoms with Crippen LogP contribution in [0.4, 0.5) is 5.69 Å². The summed E-state index contributed by atoms with van der Waals surface area (Å²) in [7, 11) is 0. The molecule has 0 unspecified atom stereocenters. The highest BCUT2D eigenvalue weighted by atomic mass is 79.9. The normalized spacial score (nSPS) is 9.76. The molecule has 0 atom stereocenters. The lowest BCUT2D eigenvalue weighted by Gasteiger charge is -2.04. The van der Waals surface area contributed by atoms with E-state index in [1.807, 2.05) is 0 Å². The standard InChI is InChI=1S/C10H8BrNO5/c1-2-17-10(14)7-4-8(11)6(5-13)3-9(7)12(15)16/h3-5H,2H2,1H3. The zero-order chi connectivity index (χ0) is 13.0. The van der Waals surface area contributed by atoms with Gasteiger partial charge in [0.15, 0.2) is 6.29 Å². The van der Waals surface area contributed by atoms with Gasteiger partial charge in [-0.1, -0.05) is 15.9 Å². The summed E-state index contributed by atoms with van der Waals surface area (Å²) in [6, 6.07) is 2.24. The van der Waals surface area contributed by atoms with E-state index in [2.05, 4.69) is 15.9 Å². The van der Waals surface area contributed by atoms with Gasteiger partial charge in [-0.3, -0.25) is 14.9 Å². The molecular weight excluding hydrogens is 294 g/mol. The molecule has 0 N–H and O–H groups in total. The predicted molar refractivity (Wildman–Crippen MR) is 62.1 cm³/mol. The third kappa shape index (κ3) is 2.88. The van der Waals surface area contributed by atoms with Crippen LogP contribution in [0.25, 0.3) is 0 Å². The largest absolute Gasteiger partial charge is 0.462 e. The first-order chi connectivity index (χ1) is 8.01. The van der Waals surface area contributed by atoms with Gasteiger partial charge in [-0.2, -0.15) is 0 Å². The molecule has 0 amide bonds. The highest BCUT2D eigenvalue weighted by Gasteiger charge is 2.23. The molecule has 7 heteroatoms. The number of esters is 1. The van der Waals surface area contributed by atoms with Crippen molar-refractivity contribution >= 4 is 33.9 Å². The van der Waals surface area contributed by atoms with E-state index < -0.39 is 16.6 Å². The van der Waals surface area contributed by atoms with Gasteiger partial charge in [-0.25, -0.2) is 4.79 Å². The number of hydrogen-bond acceptors (Lipinski definition) is 5. The monoisotopic (exact) mass is 301 g/mol. The van der Waals surface area contributed by atoms with Gasteiger partial charge < -0.3 is 4.74 Å². The highest BCUT2D eigenvalue weighted by molar-refractivity contribution is 9.10. The maximum Gasteiger partial charge on any atom is 0.345 e. The molecular formula is C10H8BrNO5. The first kappa shape index (κ1) is 13.3. The number of nitro groups is 1. The first-order valence-electron chi connectivity index (χ1n) is 4.61. The number of carbonyl (C=O) groups is 2. The van der Waals surface area contributed by atoms with Gasteiger partial charge in [0, 0.05) is 16.1 Å². The molecule has 0 saturated carbocycles. The van der Waals surface area contributed by atoms with Gasteiger partial charge in [-0.15, -0.1) is 0 Å². The van der Waals surface area contributed by atoms with Gasteiger partial charge in [0.2, 0.25) is 0 Å². The van der Waals surface area contributed by atoms with Crippen molar-refractivity contribution in [1.29, 1.82) is 0 Å². The first-order valence-corrected chi connectivity index (χ1v) is 5.40. The van der Waals surface area contributed by atoms with Crippen molar-refractivity contribution in [2.75, 3.05) is 6.61 Å². The lowest BCUT2D eigenvalue weighted by atomic mass is 10.1. The Morgan fingerprint density at radius 2 is 2.24 bits per heavy atom. The Kier molecular flexibility index (Phi) is 4.33. The topological polar surface area (TPSA) is 86.5 Å². The minimum absolute atomic E-state index is 0.102. The highest BCUT2D eigenvalue weighted by Crippen LogP contribution is 2.27. The van der Waals surface area contributed by atoms with E-state index >= 15 is 0 Å². The van der Waals surface area contributed by atoms with E-state index in [9.17, 15) is 19.7 Å². The fourth-order valence-electron chi connectivity index (χ4n) is 1.19. The summed E-state index contributed by atoms with van der Waals surface area (Å²) < 4.78 is 5.00. The number of ether oxygens (including phenoxy) is 1. The molecule has 0 aliphatic rings. The van der Waals surface area contributed by atoms with E-state index in [1.165, 1.54) is 6.07 Å². The summed E-state index contributed by atoms with van der Waals surface area (Å²) in [4.78, 5) is 32.2. The van der Waals surface area contributed by atoms with Gasteiger partial charge in [0.1, 0.15) is 5.56 Å². The SMILES string of the molecule is CCOC(=O)c1cc(Br)c(C=O)cc1[N+](=O)[O-]. The van der Waals surface area contributed by atoms with Crippen LogP contribution >= 0.6 is 15.9 Å². The molecule has 0 aliphatic heterocycles. The molecule has 0 heterocycles. The molecule has 1 aromatic carbocycles. The maximum absolute atomic E-state index is 11.5. The Morgan fingerprint density at radius 3 is 2.71 bits per heavy atom. The number of rotatable bonds is 4. The van der Waals surface area contributed by atoms with E-state index in [1.54, 1.807) is 6.92 Å². The molecule has 0 radical (unpaired) electrons. The summed E-state index contributed by atoms with van der Waals surface area (Å²) in [5.74, 6) is -0.794. The van der Waals surface area contributed by atoms with Crippen molar-refractivity contribution in [3.63, 3.8) is 0 Å². The van der Waals surface area contributed by atoms with Crippen LogP contribution in [0, 0.1) is 10.1 Å². The molecule has 17 heavy (non-hydrogen) atoms. The second kappa shape index (κ2) is 5.53. The molecule has 1 aromatic rings. The van der Waals surface area contributed by atoms with E-state index in [-0.39, 0.29) is 17.7 Å². The Hall–Kier alpha value is -1.76. The molecule has 0 bridgehead atoms. The van der Waals surface area contributed by atoms with Crippen LogP contribution in [0.3, 0.4) is 0 Å². The third-order valence-corrected chi connectivity index (χ3v) is 2.62. The maximum atomic E-state index is 11.5. The van der Waals surface area contributed by atoms with Crippen LogP contribution < -0.4 is 0 Å². The Bertz CT molecular complexity index is 486. The van der Waals surface area contributed by atoms with Crippen LogP contribution in [0.5, 0.6) is 0 Å². The third-order valence-electron chi connectivity index (χ3n) is 1.93. The summed E-state index contributed by atoms with van der Waals surface area (Å²) in [5, 5.41) is 10.8. The Labute approximate surface area is 105 Å².